The number of nitrogens with one attached hydrogen (secondary N) is 1. The molecule has 0 spiro atoms. The Kier molecular flexibility index (Phi) is 5.21. The zero-order valence-corrected chi connectivity index (χ0v) is 13.8. The second kappa shape index (κ2) is 7.13. The first kappa shape index (κ1) is 16.8. The van der Waals surface area contributed by atoms with Crippen LogP contribution in [0.25, 0.3) is 0 Å². The van der Waals surface area contributed by atoms with Crippen LogP contribution in [0.2, 0.25) is 0 Å². The zero-order valence-electron chi connectivity index (χ0n) is 13.8. The van der Waals surface area contributed by atoms with Crippen molar-refractivity contribution < 1.29 is 18.7 Å². The lowest BCUT2D eigenvalue weighted by molar-refractivity contribution is -0.123. The number of esters is 1. The molecule has 1 unspecified atom stereocenters. The maximum absolute atomic E-state index is 12.1. The summed E-state index contributed by atoms with van der Waals surface area (Å²) >= 11 is 0. The molecule has 2 aromatic rings. The summed E-state index contributed by atoms with van der Waals surface area (Å²) in [5.41, 5.74) is 2.20. The van der Waals surface area contributed by atoms with E-state index in [1.165, 1.54) is 12.5 Å². The summed E-state index contributed by atoms with van der Waals surface area (Å²) in [6, 6.07) is 9.16. The topological polar surface area (TPSA) is 68.5 Å². The molecule has 0 saturated carbocycles. The van der Waals surface area contributed by atoms with E-state index >= 15 is 0 Å². The Morgan fingerprint density at radius 3 is 2.39 bits per heavy atom. The Labute approximate surface area is 135 Å². The van der Waals surface area contributed by atoms with E-state index in [-0.39, 0.29) is 5.91 Å². The van der Waals surface area contributed by atoms with Crippen molar-refractivity contribution in [1.29, 1.82) is 0 Å². The minimum absolute atomic E-state index is 0.342. The van der Waals surface area contributed by atoms with Crippen LogP contribution in [0.4, 0.5) is 5.69 Å². The number of ether oxygens (including phenoxy) is 1. The Morgan fingerprint density at radius 2 is 1.87 bits per heavy atom. The highest BCUT2D eigenvalue weighted by Crippen LogP contribution is 2.16. The third-order valence-corrected chi connectivity index (χ3v) is 3.54. The summed E-state index contributed by atoms with van der Waals surface area (Å²) in [5.74, 6) is 0.168. The molecular weight excluding hydrogens is 294 g/mol. The Hall–Kier alpha value is -2.56. The van der Waals surface area contributed by atoms with Crippen molar-refractivity contribution in [2.45, 2.75) is 40.2 Å². The number of amides is 1. The first-order chi connectivity index (χ1) is 10.9. The second-order valence-corrected chi connectivity index (χ2v) is 5.41. The van der Waals surface area contributed by atoms with Crippen molar-refractivity contribution in [3.8, 4) is 0 Å². The maximum Gasteiger partial charge on any atom is 0.342 e. The average molecular weight is 315 g/mol. The molecule has 0 aliphatic carbocycles. The van der Waals surface area contributed by atoms with E-state index in [0.29, 0.717) is 22.8 Å². The van der Waals surface area contributed by atoms with Crippen molar-refractivity contribution in [2.24, 2.45) is 0 Å². The van der Waals surface area contributed by atoms with Gasteiger partial charge in [-0.25, -0.2) is 4.79 Å². The predicted octanol–water partition coefficient (Wildman–Crippen LogP) is 3.64. The van der Waals surface area contributed by atoms with Gasteiger partial charge in [0.25, 0.3) is 5.91 Å². The SMILES string of the molecule is CCc1ccc(NC(=O)C(C)OC(=O)c2cc(C)oc2C)cc1. The molecule has 0 radical (unpaired) electrons. The molecule has 5 heteroatoms. The summed E-state index contributed by atoms with van der Waals surface area (Å²) < 4.78 is 10.5. The third kappa shape index (κ3) is 4.22. The van der Waals surface area contributed by atoms with Crippen molar-refractivity contribution in [3.05, 3.63) is 53.0 Å². The van der Waals surface area contributed by atoms with Gasteiger partial charge in [0.15, 0.2) is 6.10 Å². The summed E-state index contributed by atoms with van der Waals surface area (Å²) in [6.45, 7) is 7.04. The second-order valence-electron chi connectivity index (χ2n) is 5.41. The number of hydrogen-bond acceptors (Lipinski definition) is 4. The number of carbonyl (C=O) groups is 2. The molecule has 1 N–H and O–H groups in total. The van der Waals surface area contributed by atoms with Gasteiger partial charge in [-0.15, -0.1) is 0 Å². The third-order valence-electron chi connectivity index (χ3n) is 3.54. The number of anilines is 1. The van der Waals surface area contributed by atoms with Crippen LogP contribution in [0.15, 0.2) is 34.7 Å². The average Bonchev–Trinajstić information content (AvgIpc) is 2.86. The molecule has 0 bridgehead atoms. The molecular formula is C18H21NO4. The highest BCUT2D eigenvalue weighted by atomic mass is 16.5. The summed E-state index contributed by atoms with van der Waals surface area (Å²) in [4.78, 5) is 24.2. The quantitative estimate of drug-likeness (QED) is 0.855. The summed E-state index contributed by atoms with van der Waals surface area (Å²) in [5, 5.41) is 2.73. The predicted molar refractivity (Wildman–Crippen MR) is 87.5 cm³/mol. The van der Waals surface area contributed by atoms with Gasteiger partial charge in [-0.2, -0.15) is 0 Å². The Morgan fingerprint density at radius 1 is 1.22 bits per heavy atom. The van der Waals surface area contributed by atoms with E-state index in [0.717, 1.165) is 6.42 Å². The van der Waals surface area contributed by atoms with E-state index in [4.69, 9.17) is 9.15 Å². The van der Waals surface area contributed by atoms with Gasteiger partial charge in [0.1, 0.15) is 17.1 Å². The smallest absolute Gasteiger partial charge is 0.342 e. The van der Waals surface area contributed by atoms with E-state index in [1.807, 2.05) is 24.3 Å². The van der Waals surface area contributed by atoms with Crippen molar-refractivity contribution in [2.75, 3.05) is 5.32 Å². The van der Waals surface area contributed by atoms with Gasteiger partial charge in [-0.1, -0.05) is 19.1 Å². The van der Waals surface area contributed by atoms with Crippen LogP contribution >= 0.6 is 0 Å². The summed E-state index contributed by atoms with van der Waals surface area (Å²) in [7, 11) is 0. The lowest BCUT2D eigenvalue weighted by Crippen LogP contribution is -2.30. The van der Waals surface area contributed by atoms with Gasteiger partial charge < -0.3 is 14.5 Å². The van der Waals surface area contributed by atoms with Crippen LogP contribution in [-0.4, -0.2) is 18.0 Å². The van der Waals surface area contributed by atoms with Crippen LogP contribution < -0.4 is 5.32 Å². The fourth-order valence-corrected chi connectivity index (χ4v) is 2.18. The van der Waals surface area contributed by atoms with Gasteiger partial charge in [-0.3, -0.25) is 4.79 Å². The van der Waals surface area contributed by atoms with E-state index in [9.17, 15) is 9.59 Å². The molecule has 0 saturated heterocycles. The normalized spacial score (nSPS) is 11.8. The zero-order chi connectivity index (χ0) is 17.0. The van der Waals surface area contributed by atoms with Crippen LogP contribution in [0.3, 0.4) is 0 Å². The molecule has 1 heterocycles. The number of carbonyl (C=O) groups excluding carboxylic acids is 2. The molecule has 5 nitrogen and oxygen atoms in total. The molecule has 23 heavy (non-hydrogen) atoms. The first-order valence-electron chi connectivity index (χ1n) is 7.58. The minimum atomic E-state index is -0.900. The van der Waals surface area contributed by atoms with Crippen molar-refractivity contribution in [3.63, 3.8) is 0 Å². The monoisotopic (exact) mass is 315 g/mol. The largest absolute Gasteiger partial charge is 0.466 e. The number of hydrogen-bond donors (Lipinski definition) is 1. The van der Waals surface area contributed by atoms with Gasteiger partial charge in [0, 0.05) is 5.69 Å². The van der Waals surface area contributed by atoms with Gasteiger partial charge in [0.05, 0.1) is 0 Å². The molecule has 122 valence electrons. The number of aryl methyl sites for hydroxylation is 3. The van der Waals surface area contributed by atoms with Crippen LogP contribution in [0.1, 0.15) is 41.3 Å². The fourth-order valence-electron chi connectivity index (χ4n) is 2.18. The van der Waals surface area contributed by atoms with E-state index < -0.39 is 12.1 Å². The molecule has 2 rings (SSSR count). The highest BCUT2D eigenvalue weighted by molar-refractivity contribution is 5.97. The number of rotatable bonds is 5. The van der Waals surface area contributed by atoms with Crippen molar-refractivity contribution >= 4 is 17.6 Å². The molecule has 1 atom stereocenters. The fraction of sp³-hybridized carbons (Fsp3) is 0.333. The first-order valence-corrected chi connectivity index (χ1v) is 7.58. The van der Waals surface area contributed by atoms with Crippen LogP contribution in [-0.2, 0) is 16.0 Å². The molecule has 1 aromatic heterocycles. The lowest BCUT2D eigenvalue weighted by Gasteiger charge is -2.13. The molecule has 1 amide bonds. The van der Waals surface area contributed by atoms with Gasteiger partial charge >= 0.3 is 5.97 Å². The number of furan rings is 1. The van der Waals surface area contributed by atoms with Crippen LogP contribution in [0.5, 0.6) is 0 Å². The maximum atomic E-state index is 12.1. The van der Waals surface area contributed by atoms with Gasteiger partial charge in [-0.05, 0) is 51.0 Å². The standard InChI is InChI=1S/C18H21NO4/c1-5-14-6-8-15(9-7-14)19-17(20)13(4)23-18(21)16-10-11(2)22-12(16)3/h6-10,13H,5H2,1-4H3,(H,19,20). The molecule has 0 aliphatic rings. The molecule has 0 fully saturated rings. The molecule has 1 aromatic carbocycles. The van der Waals surface area contributed by atoms with E-state index in [1.54, 1.807) is 19.9 Å². The van der Waals surface area contributed by atoms with E-state index in [2.05, 4.69) is 12.2 Å². The number of benzene rings is 1. The summed E-state index contributed by atoms with van der Waals surface area (Å²) in [6.07, 6.45) is 0.0362. The highest BCUT2D eigenvalue weighted by Gasteiger charge is 2.22. The lowest BCUT2D eigenvalue weighted by atomic mass is 10.1. The van der Waals surface area contributed by atoms with Crippen molar-refractivity contribution in [1.82, 2.24) is 0 Å². The minimum Gasteiger partial charge on any atom is -0.466 e. The Bertz CT molecular complexity index is 700. The van der Waals surface area contributed by atoms with Crippen LogP contribution in [0, 0.1) is 13.8 Å². The molecule has 0 aliphatic heterocycles. The van der Waals surface area contributed by atoms with Gasteiger partial charge in [0.2, 0.25) is 0 Å². The Balaban J connectivity index is 1.96.